The number of nitrogens with two attached hydrogens (primary N) is 1. The summed E-state index contributed by atoms with van der Waals surface area (Å²) >= 11 is 12.5. The number of likely N-dealkylation sites (tertiary alicyclic amines) is 1. The molecule has 1 amide bonds. The standard InChI is InChI=1S/C23H27Cl2N7O2/c1-14(22-18(24)10-28-11-19(22)25)34-20-7-15(8-29-23(20)26)16-9-30-32(12-16)17-3-5-31(6-4-17)13-21(33)27-2/h7-12,14,17H,3-6,13H2,1-2H3,(H2,26,29)(H,27,33). The van der Waals surface area contributed by atoms with Gasteiger partial charge in [-0.15, -0.1) is 0 Å². The van der Waals surface area contributed by atoms with Crippen molar-refractivity contribution in [2.24, 2.45) is 0 Å². The molecule has 9 nitrogen and oxygen atoms in total. The highest BCUT2D eigenvalue weighted by molar-refractivity contribution is 6.35. The molecule has 1 aliphatic rings. The molecule has 1 fully saturated rings. The summed E-state index contributed by atoms with van der Waals surface area (Å²) in [6.07, 6.45) is 9.98. The molecular formula is C23H27Cl2N7O2. The van der Waals surface area contributed by atoms with Gasteiger partial charge in [-0.05, 0) is 25.8 Å². The van der Waals surface area contributed by atoms with Gasteiger partial charge in [-0.3, -0.25) is 19.4 Å². The molecule has 0 radical (unpaired) electrons. The van der Waals surface area contributed by atoms with Crippen molar-refractivity contribution in [1.82, 2.24) is 30.0 Å². The highest BCUT2D eigenvalue weighted by atomic mass is 35.5. The lowest BCUT2D eigenvalue weighted by Crippen LogP contribution is -2.41. The minimum Gasteiger partial charge on any atom is -0.482 e. The highest BCUT2D eigenvalue weighted by Gasteiger charge is 2.23. The van der Waals surface area contributed by atoms with Gasteiger partial charge in [-0.25, -0.2) is 4.98 Å². The van der Waals surface area contributed by atoms with Crippen molar-refractivity contribution in [2.45, 2.75) is 31.9 Å². The number of amides is 1. The molecule has 0 bridgehead atoms. The molecule has 34 heavy (non-hydrogen) atoms. The molecule has 180 valence electrons. The number of likely N-dealkylation sites (N-methyl/N-ethyl adjacent to an activating group) is 1. The van der Waals surface area contributed by atoms with Crippen LogP contribution in [0.2, 0.25) is 10.0 Å². The molecule has 0 aliphatic carbocycles. The van der Waals surface area contributed by atoms with Crippen molar-refractivity contribution < 1.29 is 9.53 Å². The number of carbonyl (C=O) groups excluding carboxylic acids is 1. The Labute approximate surface area is 208 Å². The molecule has 3 N–H and O–H groups in total. The van der Waals surface area contributed by atoms with Crippen LogP contribution in [0.15, 0.2) is 37.1 Å². The van der Waals surface area contributed by atoms with Crippen molar-refractivity contribution in [3.63, 3.8) is 0 Å². The van der Waals surface area contributed by atoms with Crippen LogP contribution in [-0.2, 0) is 4.79 Å². The van der Waals surface area contributed by atoms with Gasteiger partial charge in [0, 0.05) is 61.6 Å². The Bertz CT molecular complexity index is 1140. The number of halogens is 2. The summed E-state index contributed by atoms with van der Waals surface area (Å²) in [5.74, 6) is 0.744. The molecule has 1 aliphatic heterocycles. The Kier molecular flexibility index (Phi) is 7.55. The highest BCUT2D eigenvalue weighted by Crippen LogP contribution is 2.35. The molecule has 0 spiro atoms. The van der Waals surface area contributed by atoms with Gasteiger partial charge in [0.2, 0.25) is 5.91 Å². The second kappa shape index (κ2) is 10.6. The zero-order valence-electron chi connectivity index (χ0n) is 19.0. The van der Waals surface area contributed by atoms with Crippen LogP contribution in [-0.4, -0.2) is 57.2 Å². The van der Waals surface area contributed by atoms with E-state index in [9.17, 15) is 4.79 Å². The summed E-state index contributed by atoms with van der Waals surface area (Å²) in [4.78, 5) is 22.1. The molecule has 3 aromatic rings. The van der Waals surface area contributed by atoms with Gasteiger partial charge in [-0.1, -0.05) is 23.2 Å². The number of rotatable bonds is 7. The van der Waals surface area contributed by atoms with Crippen molar-refractivity contribution in [1.29, 1.82) is 0 Å². The van der Waals surface area contributed by atoms with E-state index >= 15 is 0 Å². The minimum atomic E-state index is -0.454. The number of hydrogen-bond acceptors (Lipinski definition) is 7. The first kappa shape index (κ1) is 24.3. The fourth-order valence-corrected chi connectivity index (χ4v) is 4.75. The number of aromatic nitrogens is 4. The maximum atomic E-state index is 11.6. The largest absolute Gasteiger partial charge is 0.482 e. The van der Waals surface area contributed by atoms with Gasteiger partial charge in [-0.2, -0.15) is 5.10 Å². The summed E-state index contributed by atoms with van der Waals surface area (Å²) in [5.41, 5.74) is 8.47. The number of nitrogens with zero attached hydrogens (tertiary/aromatic N) is 5. The average molecular weight is 504 g/mol. The van der Waals surface area contributed by atoms with Crippen LogP contribution < -0.4 is 15.8 Å². The van der Waals surface area contributed by atoms with E-state index < -0.39 is 6.10 Å². The lowest BCUT2D eigenvalue weighted by Gasteiger charge is -2.31. The molecule has 0 saturated carbocycles. The number of nitrogen functional groups attached to an aromatic ring is 1. The number of carbonyl (C=O) groups is 1. The number of piperidine rings is 1. The molecule has 1 unspecified atom stereocenters. The second-order valence-corrected chi connectivity index (χ2v) is 9.09. The third kappa shape index (κ3) is 5.43. The van der Waals surface area contributed by atoms with Gasteiger partial charge in [0.25, 0.3) is 0 Å². The number of hydrogen-bond donors (Lipinski definition) is 2. The molecule has 1 atom stereocenters. The normalized spacial score (nSPS) is 15.8. The number of pyridine rings is 2. The fraction of sp³-hybridized carbons (Fsp3) is 0.391. The summed E-state index contributed by atoms with van der Waals surface area (Å²) in [6.45, 7) is 3.98. The monoisotopic (exact) mass is 503 g/mol. The Morgan fingerprint density at radius 3 is 2.59 bits per heavy atom. The minimum absolute atomic E-state index is 0.0384. The topological polar surface area (TPSA) is 111 Å². The molecule has 4 rings (SSSR count). The van der Waals surface area contributed by atoms with E-state index in [-0.39, 0.29) is 17.8 Å². The SMILES string of the molecule is CNC(=O)CN1CCC(n2cc(-c3cnc(N)c(OC(C)c4c(Cl)cncc4Cl)c3)cn2)CC1. The second-order valence-electron chi connectivity index (χ2n) is 8.27. The molecule has 1 saturated heterocycles. The van der Waals surface area contributed by atoms with E-state index in [1.54, 1.807) is 13.2 Å². The summed E-state index contributed by atoms with van der Waals surface area (Å²) in [5, 5.41) is 8.10. The predicted molar refractivity (Wildman–Crippen MR) is 132 cm³/mol. The van der Waals surface area contributed by atoms with Gasteiger partial charge >= 0.3 is 0 Å². The molecule has 3 aromatic heterocycles. The first-order valence-electron chi connectivity index (χ1n) is 11.0. The number of anilines is 1. The predicted octanol–water partition coefficient (Wildman–Crippen LogP) is 3.75. The zero-order valence-corrected chi connectivity index (χ0v) is 20.6. The number of ether oxygens (including phenoxy) is 1. The Hall–Kier alpha value is -2.88. The van der Waals surface area contributed by atoms with E-state index in [0.29, 0.717) is 27.9 Å². The zero-order chi connectivity index (χ0) is 24.2. The van der Waals surface area contributed by atoms with Crippen LogP contribution in [0.1, 0.15) is 37.5 Å². The van der Waals surface area contributed by atoms with Crippen LogP contribution in [0.4, 0.5) is 5.82 Å². The third-order valence-electron chi connectivity index (χ3n) is 5.99. The van der Waals surface area contributed by atoms with Crippen LogP contribution in [0.25, 0.3) is 11.1 Å². The van der Waals surface area contributed by atoms with E-state index in [0.717, 1.165) is 37.1 Å². The van der Waals surface area contributed by atoms with Crippen molar-refractivity contribution in [3.8, 4) is 16.9 Å². The Morgan fingerprint density at radius 1 is 1.21 bits per heavy atom. The number of nitrogens with one attached hydrogen (secondary N) is 1. The fourth-order valence-electron chi connectivity index (χ4n) is 4.08. The van der Waals surface area contributed by atoms with Crippen LogP contribution >= 0.6 is 23.2 Å². The van der Waals surface area contributed by atoms with Gasteiger partial charge in [0.1, 0.15) is 6.10 Å². The molecule has 0 aromatic carbocycles. The van der Waals surface area contributed by atoms with E-state index in [1.165, 1.54) is 12.4 Å². The van der Waals surface area contributed by atoms with Crippen molar-refractivity contribution in [3.05, 3.63) is 52.7 Å². The van der Waals surface area contributed by atoms with Crippen LogP contribution in [0.5, 0.6) is 5.75 Å². The maximum Gasteiger partial charge on any atom is 0.233 e. The molecule has 11 heteroatoms. The van der Waals surface area contributed by atoms with Crippen molar-refractivity contribution >= 4 is 34.9 Å². The van der Waals surface area contributed by atoms with E-state index in [1.807, 2.05) is 30.1 Å². The summed E-state index contributed by atoms with van der Waals surface area (Å²) < 4.78 is 8.07. The Morgan fingerprint density at radius 2 is 1.91 bits per heavy atom. The van der Waals surface area contributed by atoms with E-state index in [4.69, 9.17) is 33.7 Å². The Balaban J connectivity index is 1.46. The van der Waals surface area contributed by atoms with Gasteiger partial charge in [0.15, 0.2) is 11.6 Å². The van der Waals surface area contributed by atoms with E-state index in [2.05, 4.69) is 25.3 Å². The maximum absolute atomic E-state index is 11.6. The summed E-state index contributed by atoms with van der Waals surface area (Å²) in [6, 6.07) is 2.12. The first-order chi connectivity index (χ1) is 16.4. The van der Waals surface area contributed by atoms with Crippen molar-refractivity contribution in [2.75, 3.05) is 32.4 Å². The summed E-state index contributed by atoms with van der Waals surface area (Å²) in [7, 11) is 1.66. The van der Waals surface area contributed by atoms with Crippen LogP contribution in [0, 0.1) is 0 Å². The lowest BCUT2D eigenvalue weighted by atomic mass is 10.1. The smallest absolute Gasteiger partial charge is 0.233 e. The first-order valence-corrected chi connectivity index (χ1v) is 11.8. The van der Waals surface area contributed by atoms with Gasteiger partial charge < -0.3 is 15.8 Å². The molecular weight excluding hydrogens is 477 g/mol. The molecule has 4 heterocycles. The van der Waals surface area contributed by atoms with Crippen LogP contribution in [0.3, 0.4) is 0 Å². The quantitative estimate of drug-likeness (QED) is 0.504. The average Bonchev–Trinajstić information content (AvgIpc) is 3.31. The van der Waals surface area contributed by atoms with Gasteiger partial charge in [0.05, 0.1) is 28.8 Å². The lowest BCUT2D eigenvalue weighted by molar-refractivity contribution is -0.122. The third-order valence-corrected chi connectivity index (χ3v) is 6.60.